The lowest BCUT2D eigenvalue weighted by Crippen LogP contribution is -3.14. The highest BCUT2D eigenvalue weighted by atomic mass is 35.5. The molecule has 0 spiro atoms. The summed E-state index contributed by atoms with van der Waals surface area (Å²) in [5, 5.41) is 13.5. The number of nitrogens with zero attached hydrogens (tertiary/aromatic N) is 1. The van der Waals surface area contributed by atoms with Crippen LogP contribution in [-0.2, 0) is 4.79 Å². The van der Waals surface area contributed by atoms with Gasteiger partial charge >= 0.3 is 0 Å². The van der Waals surface area contributed by atoms with E-state index in [1.807, 2.05) is 0 Å². The van der Waals surface area contributed by atoms with Gasteiger partial charge in [-0.1, -0.05) is 18.5 Å². The number of nitro benzene ring substituents is 1. The summed E-state index contributed by atoms with van der Waals surface area (Å²) in [5.41, 5.74) is 0.325. The first kappa shape index (κ1) is 15.7. The van der Waals surface area contributed by atoms with E-state index in [2.05, 4.69) is 12.2 Å². The fraction of sp³-hybridized carbons (Fsp3) is 0.500. The number of quaternary nitrogens is 1. The van der Waals surface area contributed by atoms with Gasteiger partial charge in [0.1, 0.15) is 0 Å². The Morgan fingerprint density at radius 1 is 1.48 bits per heavy atom. The molecule has 7 heteroatoms. The van der Waals surface area contributed by atoms with Crippen LogP contribution < -0.4 is 10.2 Å². The van der Waals surface area contributed by atoms with Crippen LogP contribution in [-0.4, -0.2) is 30.5 Å². The minimum absolute atomic E-state index is 0.0892. The number of anilines is 1. The average Bonchev–Trinajstić information content (AvgIpc) is 2.43. The molecule has 0 aliphatic carbocycles. The number of nitro groups is 1. The van der Waals surface area contributed by atoms with E-state index in [1.165, 1.54) is 23.1 Å². The zero-order valence-electron chi connectivity index (χ0n) is 11.9. The van der Waals surface area contributed by atoms with Gasteiger partial charge in [-0.05, 0) is 24.8 Å². The lowest BCUT2D eigenvalue weighted by molar-refractivity contribution is -0.897. The minimum Gasteiger partial charge on any atom is -0.327 e. The molecule has 1 aliphatic rings. The quantitative estimate of drug-likeness (QED) is 0.653. The Labute approximate surface area is 128 Å². The highest BCUT2D eigenvalue weighted by Crippen LogP contribution is 2.26. The van der Waals surface area contributed by atoms with Gasteiger partial charge in [0, 0.05) is 12.1 Å². The van der Waals surface area contributed by atoms with Crippen LogP contribution in [0.3, 0.4) is 0 Å². The summed E-state index contributed by atoms with van der Waals surface area (Å²) in [6.45, 7) is 4.64. The van der Waals surface area contributed by atoms with Crippen molar-refractivity contribution in [2.24, 2.45) is 5.92 Å². The summed E-state index contributed by atoms with van der Waals surface area (Å²) >= 11 is 5.95. The summed E-state index contributed by atoms with van der Waals surface area (Å²) in [6, 6.07) is 4.04. The zero-order chi connectivity index (χ0) is 15.4. The first-order valence-corrected chi connectivity index (χ1v) is 7.41. The number of benzene rings is 1. The van der Waals surface area contributed by atoms with Crippen molar-refractivity contribution in [3.8, 4) is 0 Å². The maximum absolute atomic E-state index is 12.0. The number of carbonyl (C=O) groups is 1. The van der Waals surface area contributed by atoms with Crippen LogP contribution in [0.5, 0.6) is 0 Å². The van der Waals surface area contributed by atoms with E-state index < -0.39 is 4.92 Å². The normalized spacial score (nSPS) is 21.8. The van der Waals surface area contributed by atoms with Crippen molar-refractivity contribution in [2.45, 2.75) is 19.8 Å². The third-order valence-corrected chi connectivity index (χ3v) is 4.14. The third-order valence-electron chi connectivity index (χ3n) is 3.83. The number of halogens is 1. The van der Waals surface area contributed by atoms with Gasteiger partial charge in [-0.2, -0.15) is 0 Å². The second-order valence-electron chi connectivity index (χ2n) is 5.58. The molecule has 1 fully saturated rings. The van der Waals surface area contributed by atoms with Gasteiger partial charge < -0.3 is 10.2 Å². The molecule has 2 N–H and O–H groups in total. The SMILES string of the molecule is CC1CC[NH+](CC(=O)Nc2ccc([N+](=O)[O-])cc2Cl)CC1. The Hall–Kier alpha value is -1.66. The fourth-order valence-corrected chi connectivity index (χ4v) is 2.71. The molecular weight excluding hydrogens is 294 g/mol. The van der Waals surface area contributed by atoms with Crippen LogP contribution in [0.2, 0.25) is 5.02 Å². The van der Waals surface area contributed by atoms with E-state index in [0.29, 0.717) is 12.2 Å². The van der Waals surface area contributed by atoms with Crippen molar-refractivity contribution >= 4 is 28.9 Å². The molecule has 1 aliphatic heterocycles. The summed E-state index contributed by atoms with van der Waals surface area (Å²) in [7, 11) is 0. The second-order valence-corrected chi connectivity index (χ2v) is 5.99. The smallest absolute Gasteiger partial charge is 0.279 e. The highest BCUT2D eigenvalue weighted by molar-refractivity contribution is 6.33. The van der Waals surface area contributed by atoms with Gasteiger partial charge in [0.2, 0.25) is 0 Å². The Morgan fingerprint density at radius 2 is 2.14 bits per heavy atom. The molecule has 0 aromatic heterocycles. The number of likely N-dealkylation sites (tertiary alicyclic amines) is 1. The van der Waals surface area contributed by atoms with Gasteiger partial charge in [-0.25, -0.2) is 0 Å². The van der Waals surface area contributed by atoms with Crippen molar-refractivity contribution in [1.29, 1.82) is 0 Å². The van der Waals surface area contributed by atoms with Gasteiger partial charge in [-0.3, -0.25) is 14.9 Å². The highest BCUT2D eigenvalue weighted by Gasteiger charge is 2.21. The summed E-state index contributed by atoms with van der Waals surface area (Å²) in [5.74, 6) is 0.622. The molecule has 6 nitrogen and oxygen atoms in total. The number of nitrogens with one attached hydrogen (secondary N) is 2. The molecule has 1 saturated heterocycles. The largest absolute Gasteiger partial charge is 0.327 e. The van der Waals surface area contributed by atoms with E-state index in [4.69, 9.17) is 11.6 Å². The first-order chi connectivity index (χ1) is 9.95. The number of piperidine rings is 1. The number of hydrogen-bond donors (Lipinski definition) is 2. The molecular formula is C14H19ClN3O3+. The van der Waals surface area contributed by atoms with Crippen LogP contribution >= 0.6 is 11.6 Å². The Balaban J connectivity index is 1.92. The van der Waals surface area contributed by atoms with Crippen molar-refractivity contribution in [2.75, 3.05) is 25.0 Å². The maximum Gasteiger partial charge on any atom is 0.279 e. The Kier molecular flexibility index (Phi) is 5.14. The summed E-state index contributed by atoms with van der Waals surface area (Å²) in [4.78, 5) is 23.4. The van der Waals surface area contributed by atoms with Gasteiger partial charge in [0.15, 0.2) is 6.54 Å². The first-order valence-electron chi connectivity index (χ1n) is 7.03. The van der Waals surface area contributed by atoms with Gasteiger partial charge in [0.25, 0.3) is 11.6 Å². The predicted molar refractivity (Wildman–Crippen MR) is 80.7 cm³/mol. The second kappa shape index (κ2) is 6.87. The molecule has 1 heterocycles. The van der Waals surface area contributed by atoms with E-state index in [9.17, 15) is 14.9 Å². The molecule has 0 bridgehead atoms. The van der Waals surface area contributed by atoms with Crippen molar-refractivity contribution in [3.05, 3.63) is 33.3 Å². The monoisotopic (exact) mass is 312 g/mol. The van der Waals surface area contributed by atoms with Gasteiger partial charge in [-0.15, -0.1) is 0 Å². The number of non-ortho nitro benzene ring substituents is 1. The van der Waals surface area contributed by atoms with Crippen LogP contribution in [0, 0.1) is 16.0 Å². The zero-order valence-corrected chi connectivity index (χ0v) is 12.7. The molecule has 0 atom stereocenters. The van der Waals surface area contributed by atoms with E-state index in [1.54, 1.807) is 0 Å². The molecule has 0 unspecified atom stereocenters. The summed E-state index contributed by atoms with van der Waals surface area (Å²) < 4.78 is 0. The average molecular weight is 313 g/mol. The van der Waals surface area contributed by atoms with Crippen molar-refractivity contribution < 1.29 is 14.6 Å². The van der Waals surface area contributed by atoms with Crippen LogP contribution in [0.1, 0.15) is 19.8 Å². The number of carbonyl (C=O) groups excluding carboxylic acids is 1. The number of amides is 1. The van der Waals surface area contributed by atoms with Gasteiger partial charge in [0.05, 0.1) is 28.7 Å². The molecule has 0 radical (unpaired) electrons. The Morgan fingerprint density at radius 3 is 2.71 bits per heavy atom. The van der Waals surface area contributed by atoms with Crippen LogP contribution in [0.25, 0.3) is 0 Å². The molecule has 21 heavy (non-hydrogen) atoms. The molecule has 0 saturated carbocycles. The molecule has 2 rings (SSSR count). The lowest BCUT2D eigenvalue weighted by atomic mass is 9.99. The standard InChI is InChI=1S/C14H18ClN3O3/c1-10-4-6-17(7-5-10)9-14(19)16-13-3-2-11(18(20)21)8-12(13)15/h2-3,8,10H,4-7,9H2,1H3,(H,16,19)/p+1. The third kappa shape index (κ3) is 4.41. The lowest BCUT2D eigenvalue weighted by Gasteiger charge is -2.26. The molecule has 1 aromatic carbocycles. The predicted octanol–water partition coefficient (Wildman–Crippen LogP) is 1.50. The number of rotatable bonds is 4. The maximum atomic E-state index is 12.0. The van der Waals surface area contributed by atoms with Crippen molar-refractivity contribution in [3.63, 3.8) is 0 Å². The molecule has 1 aromatic rings. The topological polar surface area (TPSA) is 76.7 Å². The van der Waals surface area contributed by atoms with Crippen LogP contribution in [0.4, 0.5) is 11.4 Å². The summed E-state index contributed by atoms with van der Waals surface area (Å²) in [6.07, 6.45) is 2.28. The number of hydrogen-bond acceptors (Lipinski definition) is 3. The minimum atomic E-state index is -0.517. The molecule has 114 valence electrons. The fourth-order valence-electron chi connectivity index (χ4n) is 2.49. The molecule has 1 amide bonds. The van der Waals surface area contributed by atoms with Crippen molar-refractivity contribution in [1.82, 2.24) is 0 Å². The van der Waals surface area contributed by atoms with E-state index in [-0.39, 0.29) is 16.6 Å². The Bertz CT molecular complexity index is 542. The van der Waals surface area contributed by atoms with Crippen LogP contribution in [0.15, 0.2) is 18.2 Å². The van der Waals surface area contributed by atoms with E-state index >= 15 is 0 Å². The van der Waals surface area contributed by atoms with E-state index in [0.717, 1.165) is 31.8 Å².